The summed E-state index contributed by atoms with van der Waals surface area (Å²) in [6.45, 7) is 0. The summed E-state index contributed by atoms with van der Waals surface area (Å²) in [7, 11) is 0. The summed E-state index contributed by atoms with van der Waals surface area (Å²) in [6.07, 6.45) is 3.54. The van der Waals surface area contributed by atoms with Gasteiger partial charge in [0.15, 0.2) is 11.6 Å². The van der Waals surface area contributed by atoms with Crippen LogP contribution < -0.4 is 0 Å². The first-order chi connectivity index (χ1) is 28.7. The minimum Gasteiger partial charge on any atom is -0.253 e. The van der Waals surface area contributed by atoms with E-state index in [0.29, 0.717) is 11.6 Å². The Bertz CT molecular complexity index is 2690. The van der Waals surface area contributed by atoms with E-state index < -0.39 is 0 Å². The molecule has 6 nitrogen and oxygen atoms in total. The van der Waals surface area contributed by atoms with Gasteiger partial charge in [0.2, 0.25) is 0 Å². The first kappa shape index (κ1) is 34.5. The summed E-state index contributed by atoms with van der Waals surface area (Å²) < 4.78 is 0. The number of pyridine rings is 2. The molecule has 0 bridgehead atoms. The van der Waals surface area contributed by atoms with Gasteiger partial charge >= 0.3 is 0 Å². The number of nitrogens with zero attached hydrogens (tertiary/aromatic N) is 6. The van der Waals surface area contributed by atoms with Crippen LogP contribution in [0.2, 0.25) is 0 Å². The molecule has 58 heavy (non-hydrogen) atoms. The Kier molecular flexibility index (Phi) is 9.10. The minimum absolute atomic E-state index is 0.593. The summed E-state index contributed by atoms with van der Waals surface area (Å²) in [6, 6.07) is 66.5. The van der Waals surface area contributed by atoms with E-state index in [0.717, 1.165) is 78.7 Å². The fourth-order valence-electron chi connectivity index (χ4n) is 7.39. The Hall–Kier alpha value is -7.96. The van der Waals surface area contributed by atoms with Gasteiger partial charge in [-0.25, -0.2) is 19.9 Å². The van der Waals surface area contributed by atoms with Crippen LogP contribution in [-0.4, -0.2) is 29.9 Å². The summed E-state index contributed by atoms with van der Waals surface area (Å²) >= 11 is 0. The molecule has 10 rings (SSSR count). The number of fused-ring (bicyclic) bond motifs is 1. The molecule has 0 fully saturated rings. The Morgan fingerprint density at radius 2 is 0.621 bits per heavy atom. The number of hydrogen-bond acceptors (Lipinski definition) is 6. The molecule has 4 aromatic heterocycles. The molecule has 0 spiro atoms. The average molecular weight is 743 g/mol. The molecule has 0 atom stereocenters. The molecule has 0 aliphatic carbocycles. The van der Waals surface area contributed by atoms with E-state index >= 15 is 0 Å². The molecule has 4 heterocycles. The van der Waals surface area contributed by atoms with E-state index in [2.05, 4.69) is 131 Å². The molecular formula is C52H34N6. The van der Waals surface area contributed by atoms with Gasteiger partial charge in [-0.2, -0.15) is 0 Å². The molecular weight excluding hydrogens is 709 g/mol. The molecule has 6 heteroatoms. The highest BCUT2D eigenvalue weighted by atomic mass is 14.9. The SMILES string of the molecule is c1ccc(-c2cc(-c3ccc(-c4cccc5cccc(-c6ccc(-c7cc(-c8ccccc8)nc(-c8ccccn8)n7)cc6)c45)cc3)nc(-c3ccccn3)n2)cc1. The molecule has 0 N–H and O–H groups in total. The van der Waals surface area contributed by atoms with Crippen molar-refractivity contribution < 1.29 is 0 Å². The molecule has 10 aromatic rings. The van der Waals surface area contributed by atoms with Crippen molar-refractivity contribution in [2.75, 3.05) is 0 Å². The molecule has 272 valence electrons. The first-order valence-corrected chi connectivity index (χ1v) is 19.2. The zero-order valence-corrected chi connectivity index (χ0v) is 31.3. The summed E-state index contributed by atoms with van der Waals surface area (Å²) in [4.78, 5) is 28.9. The van der Waals surface area contributed by atoms with Gasteiger partial charge in [-0.1, -0.05) is 158 Å². The van der Waals surface area contributed by atoms with Gasteiger partial charge in [0, 0.05) is 34.6 Å². The molecule has 0 saturated carbocycles. The largest absolute Gasteiger partial charge is 0.253 e. The van der Waals surface area contributed by atoms with Gasteiger partial charge in [0.1, 0.15) is 11.4 Å². The van der Waals surface area contributed by atoms with Crippen LogP contribution in [0.15, 0.2) is 207 Å². The normalized spacial score (nSPS) is 11.1. The number of rotatable bonds is 8. The van der Waals surface area contributed by atoms with E-state index in [-0.39, 0.29) is 0 Å². The lowest BCUT2D eigenvalue weighted by Gasteiger charge is -2.14. The molecule has 0 radical (unpaired) electrons. The smallest absolute Gasteiger partial charge is 0.179 e. The molecule has 0 aliphatic rings. The minimum atomic E-state index is 0.593. The lowest BCUT2D eigenvalue weighted by atomic mass is 9.90. The van der Waals surface area contributed by atoms with Crippen molar-refractivity contribution in [2.45, 2.75) is 0 Å². The Morgan fingerprint density at radius 3 is 1.00 bits per heavy atom. The highest BCUT2D eigenvalue weighted by Gasteiger charge is 2.15. The number of hydrogen-bond donors (Lipinski definition) is 0. The topological polar surface area (TPSA) is 77.3 Å². The quantitative estimate of drug-likeness (QED) is 0.154. The van der Waals surface area contributed by atoms with Gasteiger partial charge < -0.3 is 0 Å². The van der Waals surface area contributed by atoms with Crippen molar-refractivity contribution in [3.8, 4) is 90.3 Å². The lowest BCUT2D eigenvalue weighted by Crippen LogP contribution is -1.97. The zero-order valence-electron chi connectivity index (χ0n) is 31.3. The zero-order chi connectivity index (χ0) is 38.7. The summed E-state index contributed by atoms with van der Waals surface area (Å²) in [5.41, 5.74) is 13.5. The van der Waals surface area contributed by atoms with Crippen LogP contribution >= 0.6 is 0 Å². The molecule has 6 aromatic carbocycles. The van der Waals surface area contributed by atoms with Gasteiger partial charge in [-0.15, -0.1) is 0 Å². The maximum Gasteiger partial charge on any atom is 0.179 e. The molecule has 0 saturated heterocycles. The summed E-state index contributed by atoms with van der Waals surface area (Å²) in [5, 5.41) is 2.37. The van der Waals surface area contributed by atoms with Gasteiger partial charge in [0.05, 0.1) is 22.8 Å². The van der Waals surface area contributed by atoms with Crippen LogP contribution in [0.5, 0.6) is 0 Å². The van der Waals surface area contributed by atoms with E-state index in [1.165, 1.54) is 10.8 Å². The van der Waals surface area contributed by atoms with Gasteiger partial charge in [0.25, 0.3) is 0 Å². The fraction of sp³-hybridized carbons (Fsp3) is 0. The van der Waals surface area contributed by atoms with Crippen molar-refractivity contribution in [1.29, 1.82) is 0 Å². The highest BCUT2D eigenvalue weighted by Crippen LogP contribution is 2.38. The Balaban J connectivity index is 1.01. The van der Waals surface area contributed by atoms with E-state index in [4.69, 9.17) is 19.9 Å². The predicted molar refractivity (Wildman–Crippen MR) is 234 cm³/mol. The Labute approximate surface area is 336 Å². The van der Waals surface area contributed by atoms with Crippen molar-refractivity contribution >= 4 is 10.8 Å². The van der Waals surface area contributed by atoms with Crippen molar-refractivity contribution in [2.24, 2.45) is 0 Å². The van der Waals surface area contributed by atoms with E-state index in [1.807, 2.05) is 72.8 Å². The average Bonchev–Trinajstić information content (AvgIpc) is 3.32. The van der Waals surface area contributed by atoms with E-state index in [1.54, 1.807) is 12.4 Å². The second-order valence-electron chi connectivity index (χ2n) is 14.0. The van der Waals surface area contributed by atoms with Crippen molar-refractivity contribution in [3.63, 3.8) is 0 Å². The Morgan fingerprint density at radius 1 is 0.259 bits per heavy atom. The third-order valence-corrected chi connectivity index (χ3v) is 10.3. The third kappa shape index (κ3) is 6.91. The van der Waals surface area contributed by atoms with Crippen LogP contribution in [0.25, 0.3) is 101 Å². The second kappa shape index (κ2) is 15.3. The van der Waals surface area contributed by atoms with Crippen LogP contribution in [0.4, 0.5) is 0 Å². The monoisotopic (exact) mass is 742 g/mol. The van der Waals surface area contributed by atoms with Crippen molar-refractivity contribution in [3.05, 3.63) is 207 Å². The number of aromatic nitrogens is 6. The fourth-order valence-corrected chi connectivity index (χ4v) is 7.39. The van der Waals surface area contributed by atoms with Crippen LogP contribution in [-0.2, 0) is 0 Å². The summed E-state index contributed by atoms with van der Waals surface area (Å²) in [5.74, 6) is 1.19. The number of benzene rings is 6. The maximum atomic E-state index is 4.99. The second-order valence-corrected chi connectivity index (χ2v) is 14.0. The van der Waals surface area contributed by atoms with Crippen LogP contribution in [0.1, 0.15) is 0 Å². The van der Waals surface area contributed by atoms with Gasteiger partial charge in [-0.05, 0) is 69.4 Å². The molecule has 0 amide bonds. The van der Waals surface area contributed by atoms with Crippen LogP contribution in [0.3, 0.4) is 0 Å². The predicted octanol–water partition coefficient (Wildman–Crippen LogP) is 12.5. The van der Waals surface area contributed by atoms with Gasteiger partial charge in [-0.3, -0.25) is 9.97 Å². The first-order valence-electron chi connectivity index (χ1n) is 19.2. The molecule has 0 aliphatic heterocycles. The standard InChI is InChI=1S/C52H34N6/c1-3-13-37(14-4-1)46-33-48(57-51(55-46)44-21-7-9-31-53-44)39-27-23-35(24-28-39)42-19-11-17-41-18-12-20-43(50(41)42)36-25-29-40(30-26-36)49-34-47(38-15-5-2-6-16-38)56-52(58-49)45-22-8-10-32-54-45/h1-34H. The maximum absolute atomic E-state index is 4.99. The van der Waals surface area contributed by atoms with Crippen LogP contribution in [0, 0.1) is 0 Å². The lowest BCUT2D eigenvalue weighted by molar-refractivity contribution is 1.15. The van der Waals surface area contributed by atoms with E-state index in [9.17, 15) is 0 Å². The molecule has 0 unspecified atom stereocenters. The third-order valence-electron chi connectivity index (χ3n) is 10.3. The van der Waals surface area contributed by atoms with Crippen molar-refractivity contribution in [1.82, 2.24) is 29.9 Å². The highest BCUT2D eigenvalue weighted by molar-refractivity contribution is 6.06.